The Balaban J connectivity index is 1.75. The highest BCUT2D eigenvalue weighted by Crippen LogP contribution is 2.32. The fraction of sp³-hybridized carbons (Fsp3) is 0.440. The molecule has 2 amide bonds. The molecule has 2 aromatic carbocycles. The van der Waals surface area contributed by atoms with E-state index in [1.54, 1.807) is 17.9 Å². The molecule has 1 aliphatic rings. The van der Waals surface area contributed by atoms with Gasteiger partial charge in [-0.15, -0.1) is 0 Å². The molecule has 0 radical (unpaired) electrons. The summed E-state index contributed by atoms with van der Waals surface area (Å²) >= 11 is 6.17. The van der Waals surface area contributed by atoms with Crippen LogP contribution in [0.2, 0.25) is 5.02 Å². The Morgan fingerprint density at radius 2 is 1.84 bits per heavy atom. The molecule has 0 aliphatic carbocycles. The minimum Gasteiger partial charge on any atom is -0.367 e. The zero-order valence-corrected chi connectivity index (χ0v) is 21.1. The number of carbonyl (C=O) groups excluding carboxylic acids is 2. The van der Waals surface area contributed by atoms with Crippen LogP contribution in [0.25, 0.3) is 0 Å². The van der Waals surface area contributed by atoms with Crippen LogP contribution >= 0.6 is 11.6 Å². The van der Waals surface area contributed by atoms with Gasteiger partial charge in [0.15, 0.2) is 11.6 Å². The number of piperazine rings is 1. The molecule has 1 aliphatic heterocycles. The number of amides is 2. The Morgan fingerprint density at radius 1 is 1.11 bits per heavy atom. The molecule has 3 rings (SSSR count). The second-order valence-electron chi connectivity index (χ2n) is 8.84. The molecule has 1 atom stereocenters. The fourth-order valence-electron chi connectivity index (χ4n) is 4.10. The third kappa shape index (κ3) is 7.54. The van der Waals surface area contributed by atoms with Gasteiger partial charge < -0.3 is 15.5 Å². The number of nitrogens with one attached hydrogen (secondary N) is 2. The third-order valence-corrected chi connectivity index (χ3v) is 6.44. The Kier molecular flexibility index (Phi) is 9.36. The van der Waals surface area contributed by atoms with Crippen molar-refractivity contribution in [3.05, 3.63) is 58.1 Å². The number of hydrogen-bond acceptors (Lipinski definition) is 4. The van der Waals surface area contributed by atoms with E-state index in [2.05, 4.69) is 10.6 Å². The average Bonchev–Trinajstić information content (AvgIpc) is 2.84. The lowest BCUT2D eigenvalue weighted by molar-refractivity contribution is -0.139. The zero-order chi connectivity index (χ0) is 27.3. The first-order valence-corrected chi connectivity index (χ1v) is 12.2. The van der Waals surface area contributed by atoms with Crippen LogP contribution < -0.4 is 15.5 Å². The van der Waals surface area contributed by atoms with Gasteiger partial charge in [0, 0.05) is 55.8 Å². The van der Waals surface area contributed by atoms with Gasteiger partial charge in [-0.05, 0) is 31.2 Å². The molecule has 202 valence electrons. The van der Waals surface area contributed by atoms with Crippen molar-refractivity contribution < 1.29 is 31.5 Å². The predicted octanol–water partition coefficient (Wildman–Crippen LogP) is 5.36. The molecule has 0 saturated carbocycles. The van der Waals surface area contributed by atoms with Crippen LogP contribution in [0.15, 0.2) is 30.3 Å². The van der Waals surface area contributed by atoms with E-state index in [-0.39, 0.29) is 37.0 Å². The van der Waals surface area contributed by atoms with Crippen LogP contribution in [0, 0.1) is 11.6 Å². The smallest absolute Gasteiger partial charge is 0.367 e. The number of nitrogens with zero attached hydrogens (tertiary/aromatic N) is 2. The molecule has 2 N–H and O–H groups in total. The summed E-state index contributed by atoms with van der Waals surface area (Å²) in [5.74, 6) is -3.79. The van der Waals surface area contributed by atoms with Gasteiger partial charge in [0.25, 0.3) is 5.91 Å². The first kappa shape index (κ1) is 28.6. The van der Waals surface area contributed by atoms with E-state index in [0.717, 1.165) is 6.07 Å². The fourth-order valence-corrected chi connectivity index (χ4v) is 4.26. The van der Waals surface area contributed by atoms with Gasteiger partial charge in [-0.1, -0.05) is 24.6 Å². The summed E-state index contributed by atoms with van der Waals surface area (Å²) in [5, 5.41) is 5.42. The number of halogens is 6. The summed E-state index contributed by atoms with van der Waals surface area (Å²) in [4.78, 5) is 27.9. The van der Waals surface area contributed by atoms with Gasteiger partial charge in [0.2, 0.25) is 5.91 Å². The second-order valence-corrected chi connectivity index (χ2v) is 9.28. The molecule has 1 heterocycles. The van der Waals surface area contributed by atoms with E-state index in [4.69, 9.17) is 11.6 Å². The van der Waals surface area contributed by atoms with E-state index in [1.807, 2.05) is 11.8 Å². The molecule has 0 bridgehead atoms. The normalized spacial score (nSPS) is 16.5. The van der Waals surface area contributed by atoms with E-state index in [0.29, 0.717) is 36.0 Å². The summed E-state index contributed by atoms with van der Waals surface area (Å²) < 4.78 is 67.2. The van der Waals surface area contributed by atoms with Crippen LogP contribution in [0.1, 0.15) is 42.6 Å². The van der Waals surface area contributed by atoms with E-state index < -0.39 is 35.7 Å². The summed E-state index contributed by atoms with van der Waals surface area (Å²) in [6.07, 6.45) is -4.95. The lowest BCUT2D eigenvalue weighted by atomic mass is 10.1. The van der Waals surface area contributed by atoms with Crippen LogP contribution in [0.5, 0.6) is 0 Å². The topological polar surface area (TPSA) is 64.7 Å². The van der Waals surface area contributed by atoms with Crippen molar-refractivity contribution >= 4 is 34.8 Å². The maximum absolute atomic E-state index is 14.7. The molecule has 1 unspecified atom stereocenters. The van der Waals surface area contributed by atoms with Crippen molar-refractivity contribution in [1.82, 2.24) is 10.2 Å². The monoisotopic (exact) mass is 546 g/mol. The van der Waals surface area contributed by atoms with Crippen molar-refractivity contribution in [2.24, 2.45) is 0 Å². The van der Waals surface area contributed by atoms with Gasteiger partial charge in [-0.25, -0.2) is 8.78 Å². The molecule has 6 nitrogen and oxygen atoms in total. The van der Waals surface area contributed by atoms with Gasteiger partial charge in [0.05, 0.1) is 23.4 Å². The molecule has 1 fully saturated rings. The average molecular weight is 547 g/mol. The maximum atomic E-state index is 14.7. The number of hydrogen-bond donors (Lipinski definition) is 2. The van der Waals surface area contributed by atoms with Crippen molar-refractivity contribution in [2.45, 2.75) is 45.5 Å². The number of anilines is 2. The number of rotatable bonds is 8. The van der Waals surface area contributed by atoms with Crippen LogP contribution in [-0.2, 0) is 11.3 Å². The number of alkyl halides is 3. The van der Waals surface area contributed by atoms with Gasteiger partial charge in [-0.2, -0.15) is 13.2 Å². The maximum Gasteiger partial charge on any atom is 0.390 e. The highest BCUT2D eigenvalue weighted by Gasteiger charge is 2.31. The Labute approximate surface area is 216 Å². The van der Waals surface area contributed by atoms with Crippen molar-refractivity contribution in [2.75, 3.05) is 36.4 Å². The molecule has 1 saturated heterocycles. The molecule has 0 spiro atoms. The minimum atomic E-state index is -4.24. The van der Waals surface area contributed by atoms with Crippen LogP contribution in [-0.4, -0.2) is 55.1 Å². The van der Waals surface area contributed by atoms with Gasteiger partial charge >= 0.3 is 6.18 Å². The lowest BCUT2D eigenvalue weighted by Crippen LogP contribution is -2.52. The molecular weight excluding hydrogens is 519 g/mol. The molecule has 0 aromatic heterocycles. The van der Waals surface area contributed by atoms with Gasteiger partial charge in [0.1, 0.15) is 0 Å². The minimum absolute atomic E-state index is 0.0968. The van der Waals surface area contributed by atoms with E-state index >= 15 is 0 Å². The summed E-state index contributed by atoms with van der Waals surface area (Å²) in [6.45, 7) is 4.24. The van der Waals surface area contributed by atoms with E-state index in [1.165, 1.54) is 18.2 Å². The van der Waals surface area contributed by atoms with Crippen molar-refractivity contribution in [3.63, 3.8) is 0 Å². The summed E-state index contributed by atoms with van der Waals surface area (Å²) in [5.41, 5.74) is 0.196. The molecule has 2 aromatic rings. The van der Waals surface area contributed by atoms with Crippen molar-refractivity contribution in [1.29, 1.82) is 0 Å². The largest absolute Gasteiger partial charge is 0.390 e. The number of carbonyl (C=O) groups is 2. The Bertz CT molecular complexity index is 1140. The third-order valence-electron chi connectivity index (χ3n) is 6.20. The SMILES string of the molecule is CCC(=O)NCc1ccc(C(=O)Nc2ccc(Cl)cc2N2CCN(CCC(F)(F)F)C(C)C2)c(F)c1F. The molecular formula is C25H28ClF5N4O2. The van der Waals surface area contributed by atoms with E-state index in [9.17, 15) is 31.5 Å². The van der Waals surface area contributed by atoms with Crippen molar-refractivity contribution in [3.8, 4) is 0 Å². The predicted molar refractivity (Wildman–Crippen MR) is 132 cm³/mol. The first-order valence-electron chi connectivity index (χ1n) is 11.8. The molecule has 12 heteroatoms. The quantitative estimate of drug-likeness (QED) is 0.438. The summed E-state index contributed by atoms with van der Waals surface area (Å²) in [6, 6.07) is 6.82. The Morgan fingerprint density at radius 3 is 2.49 bits per heavy atom. The zero-order valence-electron chi connectivity index (χ0n) is 20.4. The van der Waals surface area contributed by atoms with Crippen LogP contribution in [0.4, 0.5) is 33.3 Å². The second kappa shape index (κ2) is 12.1. The highest BCUT2D eigenvalue weighted by atomic mass is 35.5. The highest BCUT2D eigenvalue weighted by molar-refractivity contribution is 6.31. The Hall–Kier alpha value is -2.92. The number of benzene rings is 2. The lowest BCUT2D eigenvalue weighted by Gasteiger charge is -2.41. The van der Waals surface area contributed by atoms with Gasteiger partial charge in [-0.3, -0.25) is 14.5 Å². The first-order chi connectivity index (χ1) is 17.4. The molecule has 37 heavy (non-hydrogen) atoms. The standard InChI is InChI=1S/C25H28ClF5N4O2/c1-3-21(36)32-13-16-4-6-18(23(28)22(16)27)24(37)33-19-7-5-17(26)12-20(19)35-11-10-34(15(2)14-35)9-8-25(29,30)31/h4-7,12,15H,3,8-11,13-14H2,1-2H3,(H,32,36)(H,33,37). The van der Waals surface area contributed by atoms with Crippen LogP contribution in [0.3, 0.4) is 0 Å². The summed E-state index contributed by atoms with van der Waals surface area (Å²) in [7, 11) is 0.